The van der Waals surface area contributed by atoms with E-state index in [-0.39, 0.29) is 0 Å². The summed E-state index contributed by atoms with van der Waals surface area (Å²) in [7, 11) is 1.69. The molecule has 29 heavy (non-hydrogen) atoms. The molecule has 0 spiro atoms. The molecule has 0 amide bonds. The number of hydrogen-bond donors (Lipinski definition) is 0. The van der Waals surface area contributed by atoms with Gasteiger partial charge in [0.15, 0.2) is 5.78 Å². The van der Waals surface area contributed by atoms with Crippen molar-refractivity contribution in [3.8, 4) is 5.75 Å². The highest BCUT2D eigenvalue weighted by Crippen LogP contribution is 2.66. The summed E-state index contributed by atoms with van der Waals surface area (Å²) >= 11 is 0. The third-order valence-corrected chi connectivity index (χ3v) is 9.66. The van der Waals surface area contributed by atoms with Crippen LogP contribution in [0.15, 0.2) is 29.8 Å². The second-order valence-electron chi connectivity index (χ2n) is 11.0. The van der Waals surface area contributed by atoms with Gasteiger partial charge in [-0.3, -0.25) is 4.79 Å². The zero-order valence-corrected chi connectivity index (χ0v) is 18.4. The molecule has 0 unspecified atom stereocenters. The van der Waals surface area contributed by atoms with Gasteiger partial charge >= 0.3 is 0 Å². The Kier molecular flexibility index (Phi) is 4.68. The van der Waals surface area contributed by atoms with Crippen LogP contribution in [0.3, 0.4) is 0 Å². The molecule has 0 radical (unpaired) electrons. The molecule has 5 rings (SSSR count). The van der Waals surface area contributed by atoms with Gasteiger partial charge in [0.2, 0.25) is 0 Å². The molecule has 4 fully saturated rings. The van der Waals surface area contributed by atoms with E-state index in [1.165, 1.54) is 44.9 Å². The van der Waals surface area contributed by atoms with Crippen molar-refractivity contribution in [2.45, 2.75) is 71.6 Å². The lowest BCUT2D eigenvalue weighted by molar-refractivity contribution is -0.130. The van der Waals surface area contributed by atoms with Crippen LogP contribution in [0, 0.1) is 34.5 Å². The number of carbonyl (C=O) groups is 1. The summed E-state index contributed by atoms with van der Waals surface area (Å²) in [5, 5.41) is 0. The number of methoxy groups -OCH3 is 1. The summed E-state index contributed by atoms with van der Waals surface area (Å²) in [6.07, 6.45) is 13.7. The van der Waals surface area contributed by atoms with Crippen LogP contribution < -0.4 is 4.74 Å². The first kappa shape index (κ1) is 19.4. The van der Waals surface area contributed by atoms with E-state index in [0.29, 0.717) is 22.5 Å². The summed E-state index contributed by atoms with van der Waals surface area (Å²) in [6.45, 7) is 5.12. The van der Waals surface area contributed by atoms with E-state index in [4.69, 9.17) is 4.74 Å². The quantitative estimate of drug-likeness (QED) is 0.524. The van der Waals surface area contributed by atoms with E-state index in [1.807, 2.05) is 12.1 Å². The molecule has 156 valence electrons. The summed E-state index contributed by atoms with van der Waals surface area (Å²) in [6, 6.07) is 8.12. The van der Waals surface area contributed by atoms with Gasteiger partial charge in [-0.05, 0) is 109 Å². The number of ketones is 1. The average Bonchev–Trinajstić information content (AvgIpc) is 3.11. The number of carbonyl (C=O) groups excluding carboxylic acids is 1. The summed E-state index contributed by atoms with van der Waals surface area (Å²) in [5.41, 5.74) is 3.10. The first-order chi connectivity index (χ1) is 13.9. The minimum atomic E-state index is 0.305. The number of allylic oxidation sites excluding steroid dienone is 1. The van der Waals surface area contributed by atoms with Crippen molar-refractivity contribution in [3.05, 3.63) is 35.4 Å². The second kappa shape index (κ2) is 7.00. The van der Waals surface area contributed by atoms with Gasteiger partial charge in [0.25, 0.3) is 0 Å². The lowest BCUT2D eigenvalue weighted by atomic mass is 9.45. The van der Waals surface area contributed by atoms with Crippen molar-refractivity contribution in [2.75, 3.05) is 7.11 Å². The molecular weight excluding hydrogens is 356 g/mol. The third kappa shape index (κ3) is 3.09. The van der Waals surface area contributed by atoms with E-state index in [9.17, 15) is 4.79 Å². The molecule has 4 aliphatic rings. The third-order valence-electron chi connectivity index (χ3n) is 9.66. The van der Waals surface area contributed by atoms with Crippen LogP contribution in [0.2, 0.25) is 0 Å². The largest absolute Gasteiger partial charge is 0.497 e. The Labute approximate surface area is 176 Å². The topological polar surface area (TPSA) is 26.3 Å². The Bertz CT molecular complexity index is 821. The zero-order valence-electron chi connectivity index (χ0n) is 18.4. The van der Waals surface area contributed by atoms with Crippen LogP contribution in [0.25, 0.3) is 6.08 Å². The highest BCUT2D eigenvalue weighted by Gasteiger charge is 2.58. The second-order valence-corrected chi connectivity index (χ2v) is 11.0. The maximum absolute atomic E-state index is 13.0. The van der Waals surface area contributed by atoms with Crippen molar-refractivity contribution in [1.82, 2.24) is 0 Å². The molecule has 0 aliphatic heterocycles. The molecule has 4 saturated carbocycles. The van der Waals surface area contributed by atoms with E-state index in [1.54, 1.807) is 7.11 Å². The van der Waals surface area contributed by atoms with Gasteiger partial charge in [-0.15, -0.1) is 0 Å². The number of benzene rings is 1. The Hall–Kier alpha value is -1.57. The van der Waals surface area contributed by atoms with Gasteiger partial charge in [-0.2, -0.15) is 0 Å². The monoisotopic (exact) mass is 392 g/mol. The fourth-order valence-electron chi connectivity index (χ4n) is 8.04. The molecule has 6 atom stereocenters. The molecular formula is C27H36O2. The first-order valence-corrected chi connectivity index (χ1v) is 11.8. The molecule has 1 aromatic carbocycles. The Morgan fingerprint density at radius 3 is 2.55 bits per heavy atom. The Morgan fingerprint density at radius 1 is 1.00 bits per heavy atom. The molecule has 0 aromatic heterocycles. The molecule has 0 N–H and O–H groups in total. The van der Waals surface area contributed by atoms with Crippen molar-refractivity contribution < 1.29 is 9.53 Å². The highest BCUT2D eigenvalue weighted by atomic mass is 16.5. The van der Waals surface area contributed by atoms with Crippen molar-refractivity contribution in [1.29, 1.82) is 0 Å². The summed E-state index contributed by atoms with van der Waals surface area (Å²) in [5.74, 6) is 4.49. The van der Waals surface area contributed by atoms with Crippen LogP contribution in [-0.4, -0.2) is 12.9 Å². The van der Waals surface area contributed by atoms with Crippen molar-refractivity contribution in [3.63, 3.8) is 0 Å². The van der Waals surface area contributed by atoms with Gasteiger partial charge in [-0.25, -0.2) is 0 Å². The smallest absolute Gasteiger partial charge is 0.159 e. The van der Waals surface area contributed by atoms with Crippen LogP contribution in [0.1, 0.15) is 77.2 Å². The number of fused-ring (bicyclic) bond motifs is 5. The number of rotatable bonds is 2. The maximum atomic E-state index is 13.0. The highest BCUT2D eigenvalue weighted by molar-refractivity contribution is 6.00. The minimum Gasteiger partial charge on any atom is -0.497 e. The van der Waals surface area contributed by atoms with Crippen LogP contribution >= 0.6 is 0 Å². The van der Waals surface area contributed by atoms with E-state index >= 15 is 0 Å². The molecule has 4 aliphatic carbocycles. The standard InChI is InChI=1S/C27H36O2/c1-26-13-4-5-23(26)22-11-8-20-16-25(28)19(17-27(20,2)24(22)12-14-26)15-18-6-9-21(29-3)10-7-18/h6-7,9-10,15,20,22-24H,4-5,8,11-14,16-17H2,1-3H3/b19-15-/t20-,22-,23-,24-,26-,27-/m0/s1. The predicted octanol–water partition coefficient (Wildman–Crippen LogP) is 6.69. The normalized spacial score (nSPS) is 42.9. The van der Waals surface area contributed by atoms with Gasteiger partial charge in [0, 0.05) is 6.42 Å². The molecule has 0 heterocycles. The number of hydrogen-bond acceptors (Lipinski definition) is 2. The van der Waals surface area contributed by atoms with Gasteiger partial charge in [0.1, 0.15) is 5.75 Å². The average molecular weight is 393 g/mol. The van der Waals surface area contributed by atoms with Gasteiger partial charge in [-0.1, -0.05) is 32.4 Å². The van der Waals surface area contributed by atoms with Gasteiger partial charge in [0.05, 0.1) is 7.11 Å². The Morgan fingerprint density at radius 2 is 1.79 bits per heavy atom. The lowest BCUT2D eigenvalue weighted by Crippen LogP contribution is -2.53. The van der Waals surface area contributed by atoms with Crippen molar-refractivity contribution in [2.24, 2.45) is 34.5 Å². The molecule has 0 bridgehead atoms. The Balaban J connectivity index is 1.43. The van der Waals surface area contributed by atoms with Crippen LogP contribution in [0.5, 0.6) is 5.75 Å². The molecule has 1 aromatic rings. The van der Waals surface area contributed by atoms with E-state index in [0.717, 1.165) is 47.5 Å². The van der Waals surface area contributed by atoms with E-state index < -0.39 is 0 Å². The summed E-state index contributed by atoms with van der Waals surface area (Å²) in [4.78, 5) is 13.0. The molecule has 2 nitrogen and oxygen atoms in total. The fourth-order valence-corrected chi connectivity index (χ4v) is 8.04. The van der Waals surface area contributed by atoms with Crippen molar-refractivity contribution >= 4 is 11.9 Å². The minimum absolute atomic E-state index is 0.305. The lowest BCUT2D eigenvalue weighted by Gasteiger charge is -2.60. The molecule has 0 saturated heterocycles. The maximum Gasteiger partial charge on any atom is 0.159 e. The SMILES string of the molecule is COc1ccc(/C=C2/C[C@@]3(C)[C@@H](CC[C@H]4[C@@H]5CCC[C@@]5(C)CC[C@@H]43)CC2=O)cc1. The fraction of sp³-hybridized carbons (Fsp3) is 0.667. The first-order valence-electron chi connectivity index (χ1n) is 11.8. The predicted molar refractivity (Wildman–Crippen MR) is 118 cm³/mol. The number of Topliss-reactive ketones (excluding diaryl/α,β-unsaturated/α-hetero) is 1. The number of ether oxygens (including phenoxy) is 1. The van der Waals surface area contributed by atoms with E-state index in [2.05, 4.69) is 32.1 Å². The van der Waals surface area contributed by atoms with Crippen LogP contribution in [0.4, 0.5) is 0 Å². The van der Waals surface area contributed by atoms with Crippen LogP contribution in [-0.2, 0) is 4.79 Å². The zero-order chi connectivity index (χ0) is 20.2. The summed E-state index contributed by atoms with van der Waals surface area (Å²) < 4.78 is 5.28. The van der Waals surface area contributed by atoms with Gasteiger partial charge < -0.3 is 4.74 Å². The molecule has 2 heteroatoms.